The summed E-state index contributed by atoms with van der Waals surface area (Å²) in [5.74, 6) is -0.430. The number of fused-ring (bicyclic) bond motifs is 1. The summed E-state index contributed by atoms with van der Waals surface area (Å²) in [5, 5.41) is 32.8. The molecule has 7 heteroatoms. The lowest BCUT2D eigenvalue weighted by Crippen LogP contribution is -2.19. The Morgan fingerprint density at radius 2 is 1.70 bits per heavy atom. The smallest absolute Gasteiger partial charge is 0.238 e. The molecule has 2 aromatic carbocycles. The van der Waals surface area contributed by atoms with E-state index < -0.39 is 11.2 Å². The van der Waals surface area contributed by atoms with Gasteiger partial charge in [0.1, 0.15) is 28.2 Å². The van der Waals surface area contributed by atoms with E-state index in [1.807, 2.05) is 19.9 Å². The highest BCUT2D eigenvalue weighted by Crippen LogP contribution is 2.43. The molecule has 0 spiro atoms. The maximum absolute atomic E-state index is 13.3. The van der Waals surface area contributed by atoms with Crippen molar-refractivity contribution in [2.24, 2.45) is 0 Å². The van der Waals surface area contributed by atoms with E-state index in [4.69, 9.17) is 9.15 Å². The highest BCUT2D eigenvalue weighted by molar-refractivity contribution is 5.92. The second kappa shape index (κ2) is 9.19. The molecule has 1 fully saturated rings. The van der Waals surface area contributed by atoms with Crippen LogP contribution in [0.3, 0.4) is 0 Å². The van der Waals surface area contributed by atoms with Crippen LogP contribution in [0.15, 0.2) is 45.1 Å². The second-order valence-electron chi connectivity index (χ2n) is 8.66. The molecular formula is C26H29NO6. The summed E-state index contributed by atoms with van der Waals surface area (Å²) in [4.78, 5) is 15.4. The number of likely N-dealkylation sites (tertiary alicyclic amines) is 1. The number of phenolic OH excluding ortho intramolecular Hbond substituents is 2. The Balaban J connectivity index is 1.98. The largest absolute Gasteiger partial charge is 0.507 e. The maximum atomic E-state index is 13.3. The molecule has 0 aliphatic carbocycles. The van der Waals surface area contributed by atoms with Crippen LogP contribution in [0, 0.1) is 0 Å². The molecule has 174 valence electrons. The first-order chi connectivity index (χ1) is 15.8. The van der Waals surface area contributed by atoms with Crippen LogP contribution in [0.2, 0.25) is 0 Å². The first-order valence-electron chi connectivity index (χ1n) is 11.1. The van der Waals surface area contributed by atoms with E-state index in [9.17, 15) is 20.1 Å². The molecule has 0 bridgehead atoms. The Morgan fingerprint density at radius 1 is 1.03 bits per heavy atom. The highest BCUT2D eigenvalue weighted by atomic mass is 16.5. The van der Waals surface area contributed by atoms with Crippen LogP contribution >= 0.6 is 0 Å². The van der Waals surface area contributed by atoms with Crippen LogP contribution in [-0.2, 0) is 13.0 Å². The van der Waals surface area contributed by atoms with Crippen molar-refractivity contribution in [2.75, 3.05) is 20.2 Å². The van der Waals surface area contributed by atoms with Crippen LogP contribution in [0.4, 0.5) is 0 Å². The number of methoxy groups -OCH3 is 1. The van der Waals surface area contributed by atoms with Gasteiger partial charge in [-0.05, 0) is 70.5 Å². The number of allylic oxidation sites excluding steroid dienone is 2. The Hall–Kier alpha value is -3.45. The van der Waals surface area contributed by atoms with Crippen molar-refractivity contribution in [2.45, 2.75) is 39.7 Å². The van der Waals surface area contributed by atoms with Crippen molar-refractivity contribution < 1.29 is 24.5 Å². The van der Waals surface area contributed by atoms with E-state index in [-0.39, 0.29) is 33.8 Å². The molecule has 0 atom stereocenters. The number of hydrogen-bond donors (Lipinski definition) is 3. The average Bonchev–Trinajstić information content (AvgIpc) is 3.32. The van der Waals surface area contributed by atoms with Crippen molar-refractivity contribution in [3.63, 3.8) is 0 Å². The molecule has 0 unspecified atom stereocenters. The number of phenols is 2. The van der Waals surface area contributed by atoms with Gasteiger partial charge in [0.15, 0.2) is 5.76 Å². The first-order valence-corrected chi connectivity index (χ1v) is 11.1. The minimum Gasteiger partial charge on any atom is -0.507 e. The van der Waals surface area contributed by atoms with Gasteiger partial charge in [0, 0.05) is 17.7 Å². The Bertz CT molecular complexity index is 1260. The minimum absolute atomic E-state index is 0.0281. The third kappa shape index (κ3) is 4.28. The van der Waals surface area contributed by atoms with Crippen LogP contribution in [0.5, 0.6) is 23.0 Å². The van der Waals surface area contributed by atoms with Crippen molar-refractivity contribution in [1.29, 1.82) is 0 Å². The molecule has 3 aromatic rings. The van der Waals surface area contributed by atoms with Crippen molar-refractivity contribution in [1.82, 2.24) is 4.90 Å². The van der Waals surface area contributed by atoms with Crippen molar-refractivity contribution >= 4 is 11.0 Å². The van der Waals surface area contributed by atoms with Gasteiger partial charge in [-0.3, -0.25) is 9.69 Å². The second-order valence-corrected chi connectivity index (χ2v) is 8.66. The molecular weight excluding hydrogens is 422 g/mol. The van der Waals surface area contributed by atoms with Gasteiger partial charge in [-0.25, -0.2) is 0 Å². The number of ether oxygens (including phenoxy) is 1. The summed E-state index contributed by atoms with van der Waals surface area (Å²) < 4.78 is 11.2. The molecule has 1 aliphatic rings. The molecule has 0 radical (unpaired) electrons. The highest BCUT2D eigenvalue weighted by Gasteiger charge is 2.27. The van der Waals surface area contributed by atoms with Gasteiger partial charge in [-0.1, -0.05) is 11.6 Å². The van der Waals surface area contributed by atoms with E-state index in [1.165, 1.54) is 0 Å². The molecule has 33 heavy (non-hydrogen) atoms. The van der Waals surface area contributed by atoms with Gasteiger partial charge in [0.05, 0.1) is 12.7 Å². The standard InChI is InChI=1S/C26H29NO6/c1-15(2)6-11-18-21(28)19(14-27-12-4-5-13-27)22(29)20-23(30)24(31)25(33-26(18)20)16-7-9-17(32-3)10-8-16/h6-10,28-29,31H,4-5,11-14H2,1-3H3. The Labute approximate surface area is 192 Å². The first kappa shape index (κ1) is 22.7. The summed E-state index contributed by atoms with van der Waals surface area (Å²) >= 11 is 0. The zero-order valence-electron chi connectivity index (χ0n) is 19.1. The summed E-state index contributed by atoms with van der Waals surface area (Å²) in [7, 11) is 1.55. The SMILES string of the molecule is COc1ccc(-c2oc3c(CC=C(C)C)c(O)c(CN4CCCC4)c(O)c3c(=O)c2O)cc1. The van der Waals surface area contributed by atoms with E-state index >= 15 is 0 Å². The summed E-state index contributed by atoms with van der Waals surface area (Å²) in [6, 6.07) is 6.72. The van der Waals surface area contributed by atoms with E-state index in [0.29, 0.717) is 29.8 Å². The lowest BCUT2D eigenvalue weighted by molar-refractivity contribution is 0.315. The summed E-state index contributed by atoms with van der Waals surface area (Å²) in [6.07, 6.45) is 4.33. The van der Waals surface area contributed by atoms with E-state index in [1.54, 1.807) is 31.4 Å². The normalized spacial score (nSPS) is 14.0. The fourth-order valence-electron chi connectivity index (χ4n) is 4.25. The zero-order chi connectivity index (χ0) is 23.7. The molecule has 1 saturated heterocycles. The summed E-state index contributed by atoms with van der Waals surface area (Å²) in [6.45, 7) is 5.91. The predicted octanol–water partition coefficient (Wildman–Crippen LogP) is 4.69. The van der Waals surface area contributed by atoms with Gasteiger partial charge >= 0.3 is 0 Å². The van der Waals surface area contributed by atoms with Gasteiger partial charge in [0.25, 0.3) is 0 Å². The molecule has 0 amide bonds. The number of hydrogen-bond acceptors (Lipinski definition) is 7. The molecule has 0 saturated carbocycles. The molecule has 1 aromatic heterocycles. The number of rotatable bonds is 6. The predicted molar refractivity (Wildman–Crippen MR) is 127 cm³/mol. The van der Waals surface area contributed by atoms with Gasteiger partial charge < -0.3 is 24.5 Å². The Kier molecular flexibility index (Phi) is 6.33. The lowest BCUT2D eigenvalue weighted by atomic mass is 9.98. The van der Waals surface area contributed by atoms with Crippen LogP contribution in [-0.4, -0.2) is 40.4 Å². The number of benzene rings is 2. The fraction of sp³-hybridized carbons (Fsp3) is 0.346. The maximum Gasteiger partial charge on any atom is 0.238 e. The van der Waals surface area contributed by atoms with Crippen LogP contribution in [0.1, 0.15) is 37.8 Å². The third-order valence-electron chi connectivity index (χ3n) is 6.10. The van der Waals surface area contributed by atoms with Crippen molar-refractivity contribution in [3.8, 4) is 34.3 Å². The van der Waals surface area contributed by atoms with Crippen molar-refractivity contribution in [3.05, 3.63) is 57.3 Å². The van der Waals surface area contributed by atoms with Gasteiger partial charge in [-0.2, -0.15) is 0 Å². The minimum atomic E-state index is -0.735. The molecule has 1 aliphatic heterocycles. The molecule has 2 heterocycles. The van der Waals surface area contributed by atoms with Crippen LogP contribution in [0.25, 0.3) is 22.3 Å². The quantitative estimate of drug-likeness (QED) is 0.467. The molecule has 7 nitrogen and oxygen atoms in total. The number of nitrogens with zero attached hydrogens (tertiary/aromatic N) is 1. The van der Waals surface area contributed by atoms with Crippen LogP contribution < -0.4 is 10.2 Å². The Morgan fingerprint density at radius 3 is 2.30 bits per heavy atom. The van der Waals surface area contributed by atoms with Gasteiger partial charge in [-0.15, -0.1) is 0 Å². The topological polar surface area (TPSA) is 103 Å². The van der Waals surface area contributed by atoms with E-state index in [2.05, 4.69) is 4.90 Å². The fourth-order valence-corrected chi connectivity index (χ4v) is 4.25. The summed E-state index contributed by atoms with van der Waals surface area (Å²) in [5.41, 5.74) is 1.53. The number of aromatic hydroxyl groups is 3. The lowest BCUT2D eigenvalue weighted by Gasteiger charge is -2.20. The monoisotopic (exact) mass is 451 g/mol. The van der Waals surface area contributed by atoms with Gasteiger partial charge in [0.2, 0.25) is 11.2 Å². The molecule has 3 N–H and O–H groups in total. The third-order valence-corrected chi connectivity index (χ3v) is 6.10. The molecule has 4 rings (SSSR count). The van der Waals surface area contributed by atoms with E-state index in [0.717, 1.165) is 31.5 Å². The average molecular weight is 452 g/mol. The zero-order valence-corrected chi connectivity index (χ0v) is 19.1.